The second-order valence-electron chi connectivity index (χ2n) is 7.01. The van der Waals surface area contributed by atoms with Crippen molar-refractivity contribution < 1.29 is 37.7 Å². The Bertz CT molecular complexity index is 353. The van der Waals surface area contributed by atoms with E-state index in [2.05, 4.69) is 25.3 Å². The number of hydrogen-bond acceptors (Lipinski definition) is 7. The van der Waals surface area contributed by atoms with Gasteiger partial charge in [0, 0.05) is 13.3 Å². The summed E-state index contributed by atoms with van der Waals surface area (Å²) in [6.45, 7) is 12.9. The lowest BCUT2D eigenvalue weighted by Gasteiger charge is -2.17. The zero-order chi connectivity index (χ0) is 19.7. The molecule has 0 aliphatic heterocycles. The molecule has 0 fully saturated rings. The van der Waals surface area contributed by atoms with Gasteiger partial charge in [-0.15, -0.1) is 0 Å². The lowest BCUT2D eigenvalue weighted by Crippen LogP contribution is -2.14. The second-order valence-corrected chi connectivity index (χ2v) is 8.87. The van der Waals surface area contributed by atoms with Gasteiger partial charge in [-0.25, -0.2) is 0 Å². The van der Waals surface area contributed by atoms with Crippen molar-refractivity contribution in [3.05, 3.63) is 0 Å². The predicted molar refractivity (Wildman–Crippen MR) is 99.9 cm³/mol. The van der Waals surface area contributed by atoms with E-state index in [-0.39, 0.29) is 13.2 Å². The topological polar surface area (TPSA) is 92.7 Å². The fourth-order valence-electron chi connectivity index (χ4n) is 1.63. The van der Waals surface area contributed by atoms with Gasteiger partial charge in [-0.2, -0.15) is 0 Å². The van der Waals surface area contributed by atoms with Gasteiger partial charge in [0.1, 0.15) is 0 Å². The molecule has 9 heteroatoms. The first kappa shape index (κ1) is 26.0. The minimum absolute atomic E-state index is 0.0923. The number of hydrogen-bond donors (Lipinski definition) is 1. The molecule has 0 aliphatic rings. The van der Waals surface area contributed by atoms with Crippen LogP contribution < -0.4 is 0 Å². The lowest BCUT2D eigenvalue weighted by atomic mass is 9.93. The third-order valence-corrected chi connectivity index (χ3v) is 3.70. The Labute approximate surface area is 158 Å². The van der Waals surface area contributed by atoms with Crippen molar-refractivity contribution in [3.8, 4) is 0 Å². The van der Waals surface area contributed by atoms with Crippen LogP contribution in [0.5, 0.6) is 0 Å². The minimum Gasteiger partial charge on any atom is -0.379 e. The van der Waals surface area contributed by atoms with Crippen LogP contribution in [-0.2, 0) is 32.8 Å². The smallest absolute Gasteiger partial charge is 0.325 e. The Morgan fingerprint density at radius 1 is 0.654 bits per heavy atom. The van der Waals surface area contributed by atoms with Crippen LogP contribution in [0.1, 0.15) is 27.2 Å². The molecule has 0 saturated carbocycles. The van der Waals surface area contributed by atoms with Crippen LogP contribution in [0.25, 0.3) is 0 Å². The quantitative estimate of drug-likeness (QED) is 0.277. The van der Waals surface area contributed by atoms with E-state index < -0.39 is 7.60 Å². The minimum atomic E-state index is -3.41. The molecule has 0 aliphatic carbocycles. The Balaban J connectivity index is 3.08. The average molecular weight is 400 g/mol. The average Bonchev–Trinajstić information content (AvgIpc) is 2.51. The molecule has 0 heterocycles. The Morgan fingerprint density at radius 3 is 1.27 bits per heavy atom. The number of rotatable bonds is 18. The third-order valence-electron chi connectivity index (χ3n) is 3.04. The highest BCUT2D eigenvalue weighted by atomic mass is 31.2. The Kier molecular flexibility index (Phi) is 15.9. The normalized spacial score (nSPS) is 14.5. The summed E-state index contributed by atoms with van der Waals surface area (Å²) in [5, 5.41) is 0. The zero-order valence-electron chi connectivity index (χ0n) is 16.7. The van der Waals surface area contributed by atoms with E-state index in [9.17, 15) is 4.57 Å². The predicted octanol–water partition coefficient (Wildman–Crippen LogP) is 2.34. The molecular formula is C17H37O8P. The standard InChI is InChI=1S/C17H37O8P/c1-17(2,3)5-6-20-7-8-21-9-10-22-11-12-23-13-14-24-15-16-25-26(4,18)19/h5-16H2,1-4H3,(H,18,19). The Morgan fingerprint density at radius 2 is 0.962 bits per heavy atom. The van der Waals surface area contributed by atoms with Gasteiger partial charge in [0.05, 0.1) is 66.1 Å². The van der Waals surface area contributed by atoms with Crippen molar-refractivity contribution in [2.45, 2.75) is 27.2 Å². The first-order chi connectivity index (χ1) is 12.2. The van der Waals surface area contributed by atoms with E-state index in [1.54, 1.807) is 0 Å². The Hall–Kier alpha value is -0.0500. The maximum Gasteiger partial charge on any atom is 0.325 e. The molecule has 1 N–H and O–H groups in total. The van der Waals surface area contributed by atoms with Crippen molar-refractivity contribution in [1.29, 1.82) is 0 Å². The molecule has 1 atom stereocenters. The van der Waals surface area contributed by atoms with Crippen molar-refractivity contribution >= 4 is 7.60 Å². The van der Waals surface area contributed by atoms with Gasteiger partial charge in [0.2, 0.25) is 0 Å². The molecule has 0 spiro atoms. The molecular weight excluding hydrogens is 363 g/mol. The summed E-state index contributed by atoms with van der Waals surface area (Å²) in [4.78, 5) is 8.89. The molecule has 0 aromatic carbocycles. The van der Waals surface area contributed by atoms with Crippen molar-refractivity contribution in [3.63, 3.8) is 0 Å². The molecule has 0 rings (SSSR count). The zero-order valence-corrected chi connectivity index (χ0v) is 17.6. The molecule has 0 amide bonds. The summed E-state index contributed by atoms with van der Waals surface area (Å²) in [5.41, 5.74) is 0.304. The van der Waals surface area contributed by atoms with Crippen LogP contribution >= 0.6 is 7.60 Å². The summed E-state index contributed by atoms with van der Waals surface area (Å²) in [5.74, 6) is 0. The first-order valence-corrected chi connectivity index (χ1v) is 11.1. The molecule has 1 unspecified atom stereocenters. The largest absolute Gasteiger partial charge is 0.379 e. The van der Waals surface area contributed by atoms with Gasteiger partial charge in [-0.05, 0) is 11.8 Å². The van der Waals surface area contributed by atoms with E-state index in [1.807, 2.05) is 0 Å². The lowest BCUT2D eigenvalue weighted by molar-refractivity contribution is -0.0140. The van der Waals surface area contributed by atoms with Gasteiger partial charge in [-0.3, -0.25) is 4.57 Å². The third kappa shape index (κ3) is 23.9. The summed E-state index contributed by atoms with van der Waals surface area (Å²) in [6.07, 6.45) is 1.04. The summed E-state index contributed by atoms with van der Waals surface area (Å²) in [6, 6.07) is 0. The van der Waals surface area contributed by atoms with E-state index >= 15 is 0 Å². The van der Waals surface area contributed by atoms with Gasteiger partial charge in [0.25, 0.3) is 0 Å². The molecule has 26 heavy (non-hydrogen) atoms. The molecule has 8 nitrogen and oxygen atoms in total. The monoisotopic (exact) mass is 400 g/mol. The molecule has 0 aromatic heterocycles. The van der Waals surface area contributed by atoms with Crippen LogP contribution in [0.2, 0.25) is 0 Å². The fraction of sp³-hybridized carbons (Fsp3) is 1.00. The van der Waals surface area contributed by atoms with E-state index in [0.29, 0.717) is 58.3 Å². The molecule has 0 bridgehead atoms. The summed E-state index contributed by atoms with van der Waals surface area (Å²) in [7, 11) is -3.41. The first-order valence-electron chi connectivity index (χ1n) is 9.04. The molecule has 0 saturated heterocycles. The van der Waals surface area contributed by atoms with Crippen LogP contribution in [0.3, 0.4) is 0 Å². The summed E-state index contributed by atoms with van der Waals surface area (Å²) < 4.78 is 42.3. The van der Waals surface area contributed by atoms with E-state index in [4.69, 9.17) is 28.6 Å². The molecule has 0 radical (unpaired) electrons. The van der Waals surface area contributed by atoms with Gasteiger partial charge < -0.3 is 33.1 Å². The highest BCUT2D eigenvalue weighted by Crippen LogP contribution is 2.35. The van der Waals surface area contributed by atoms with E-state index in [0.717, 1.165) is 19.7 Å². The molecule has 158 valence electrons. The van der Waals surface area contributed by atoms with Gasteiger partial charge in [0.15, 0.2) is 0 Å². The van der Waals surface area contributed by atoms with Crippen molar-refractivity contribution in [2.75, 3.05) is 79.3 Å². The van der Waals surface area contributed by atoms with Gasteiger partial charge >= 0.3 is 7.60 Å². The van der Waals surface area contributed by atoms with Crippen LogP contribution in [0.15, 0.2) is 0 Å². The van der Waals surface area contributed by atoms with Gasteiger partial charge in [-0.1, -0.05) is 20.8 Å². The SMILES string of the molecule is CC(C)(C)CCOCCOCCOCCOCCOCCOP(C)(=O)O. The van der Waals surface area contributed by atoms with E-state index in [1.165, 1.54) is 0 Å². The highest BCUT2D eigenvalue weighted by molar-refractivity contribution is 7.51. The van der Waals surface area contributed by atoms with Crippen LogP contribution in [-0.4, -0.2) is 84.2 Å². The summed E-state index contributed by atoms with van der Waals surface area (Å²) >= 11 is 0. The maximum atomic E-state index is 10.8. The number of ether oxygens (including phenoxy) is 5. The van der Waals surface area contributed by atoms with Crippen LogP contribution in [0.4, 0.5) is 0 Å². The van der Waals surface area contributed by atoms with Crippen molar-refractivity contribution in [1.82, 2.24) is 0 Å². The maximum absolute atomic E-state index is 10.8. The van der Waals surface area contributed by atoms with Crippen molar-refractivity contribution in [2.24, 2.45) is 5.41 Å². The fourth-order valence-corrected chi connectivity index (χ4v) is 2.04. The van der Waals surface area contributed by atoms with Crippen LogP contribution in [0, 0.1) is 5.41 Å². The highest BCUT2D eigenvalue weighted by Gasteiger charge is 2.09. The second kappa shape index (κ2) is 16.0. The molecule has 0 aromatic rings.